The molecule has 0 amide bonds. The van der Waals surface area contributed by atoms with Gasteiger partial charge in [-0.15, -0.1) is 0 Å². The van der Waals surface area contributed by atoms with E-state index in [9.17, 15) is 9.90 Å². The fourth-order valence-electron chi connectivity index (χ4n) is 1.59. The lowest BCUT2D eigenvalue weighted by Gasteiger charge is -2.16. The maximum Gasteiger partial charge on any atom is 0.168 e. The SMILES string of the molecule is CCC[C@H](O)[C@H](C)C(=O)c1ccccc1. The molecule has 0 aromatic heterocycles. The largest absolute Gasteiger partial charge is 0.392 e. The van der Waals surface area contributed by atoms with Crippen molar-refractivity contribution >= 4 is 5.78 Å². The van der Waals surface area contributed by atoms with Crippen LogP contribution in [0.4, 0.5) is 0 Å². The molecule has 15 heavy (non-hydrogen) atoms. The molecule has 1 aromatic rings. The van der Waals surface area contributed by atoms with Crippen LogP contribution >= 0.6 is 0 Å². The minimum Gasteiger partial charge on any atom is -0.392 e. The second-order valence-electron chi connectivity index (χ2n) is 3.87. The van der Waals surface area contributed by atoms with Crippen molar-refractivity contribution in [3.05, 3.63) is 35.9 Å². The van der Waals surface area contributed by atoms with Gasteiger partial charge in [-0.1, -0.05) is 50.6 Å². The third kappa shape index (κ3) is 3.17. The molecule has 2 nitrogen and oxygen atoms in total. The first-order chi connectivity index (χ1) is 7.16. The summed E-state index contributed by atoms with van der Waals surface area (Å²) >= 11 is 0. The van der Waals surface area contributed by atoms with E-state index in [2.05, 4.69) is 0 Å². The molecule has 2 heteroatoms. The Bertz CT molecular complexity index is 306. The van der Waals surface area contributed by atoms with Crippen molar-refractivity contribution in [2.45, 2.75) is 32.8 Å². The second kappa shape index (κ2) is 5.66. The summed E-state index contributed by atoms with van der Waals surface area (Å²) in [5.41, 5.74) is 0.681. The lowest BCUT2D eigenvalue weighted by atomic mass is 9.92. The molecular weight excluding hydrogens is 188 g/mol. The Hall–Kier alpha value is -1.15. The van der Waals surface area contributed by atoms with E-state index >= 15 is 0 Å². The first-order valence-electron chi connectivity index (χ1n) is 5.44. The highest BCUT2D eigenvalue weighted by atomic mass is 16.3. The van der Waals surface area contributed by atoms with Crippen LogP contribution in [0.3, 0.4) is 0 Å². The van der Waals surface area contributed by atoms with Gasteiger partial charge in [0.2, 0.25) is 0 Å². The fraction of sp³-hybridized carbons (Fsp3) is 0.462. The van der Waals surface area contributed by atoms with Crippen molar-refractivity contribution in [2.75, 3.05) is 0 Å². The molecule has 1 N–H and O–H groups in total. The molecule has 0 aliphatic heterocycles. The Balaban J connectivity index is 2.69. The molecule has 0 spiro atoms. The zero-order chi connectivity index (χ0) is 11.3. The highest BCUT2D eigenvalue weighted by molar-refractivity contribution is 5.97. The Morgan fingerprint density at radius 3 is 2.47 bits per heavy atom. The molecular formula is C13H18O2. The van der Waals surface area contributed by atoms with Gasteiger partial charge in [-0.2, -0.15) is 0 Å². The van der Waals surface area contributed by atoms with Gasteiger partial charge in [0.25, 0.3) is 0 Å². The first kappa shape index (κ1) is 11.9. The number of hydrogen-bond acceptors (Lipinski definition) is 2. The molecule has 1 rings (SSSR count). The Morgan fingerprint density at radius 1 is 1.33 bits per heavy atom. The van der Waals surface area contributed by atoms with Gasteiger partial charge in [0.05, 0.1) is 6.10 Å². The first-order valence-corrected chi connectivity index (χ1v) is 5.44. The molecule has 0 aliphatic carbocycles. The third-order valence-electron chi connectivity index (χ3n) is 2.63. The number of ketones is 1. The number of rotatable bonds is 5. The average molecular weight is 206 g/mol. The van der Waals surface area contributed by atoms with Crippen molar-refractivity contribution < 1.29 is 9.90 Å². The van der Waals surface area contributed by atoms with Gasteiger partial charge < -0.3 is 5.11 Å². The molecule has 82 valence electrons. The highest BCUT2D eigenvalue weighted by Crippen LogP contribution is 2.15. The van der Waals surface area contributed by atoms with E-state index in [1.165, 1.54) is 0 Å². The zero-order valence-electron chi connectivity index (χ0n) is 9.31. The summed E-state index contributed by atoms with van der Waals surface area (Å²) in [6.07, 6.45) is 1.05. The Morgan fingerprint density at radius 2 is 1.93 bits per heavy atom. The molecule has 0 saturated heterocycles. The van der Waals surface area contributed by atoms with Crippen molar-refractivity contribution in [1.29, 1.82) is 0 Å². The van der Waals surface area contributed by atoms with E-state index < -0.39 is 6.10 Å². The van der Waals surface area contributed by atoms with Crippen LogP contribution in [-0.4, -0.2) is 17.0 Å². The van der Waals surface area contributed by atoms with Crippen molar-refractivity contribution in [1.82, 2.24) is 0 Å². The second-order valence-corrected chi connectivity index (χ2v) is 3.87. The molecule has 0 fully saturated rings. The van der Waals surface area contributed by atoms with Crippen LogP contribution in [0, 0.1) is 5.92 Å². The van der Waals surface area contributed by atoms with Gasteiger partial charge in [0.15, 0.2) is 5.78 Å². The van der Waals surface area contributed by atoms with Gasteiger partial charge in [-0.05, 0) is 6.42 Å². The van der Waals surface area contributed by atoms with Crippen LogP contribution in [-0.2, 0) is 0 Å². The van der Waals surface area contributed by atoms with Gasteiger partial charge in [-0.25, -0.2) is 0 Å². The summed E-state index contributed by atoms with van der Waals surface area (Å²) < 4.78 is 0. The molecule has 0 saturated carbocycles. The van der Waals surface area contributed by atoms with Gasteiger partial charge in [-0.3, -0.25) is 4.79 Å². The van der Waals surface area contributed by atoms with Crippen LogP contribution in [0.25, 0.3) is 0 Å². The molecule has 0 radical (unpaired) electrons. The number of aliphatic hydroxyl groups is 1. The van der Waals surface area contributed by atoms with Gasteiger partial charge in [0, 0.05) is 11.5 Å². The zero-order valence-corrected chi connectivity index (χ0v) is 9.31. The van der Waals surface area contributed by atoms with Crippen molar-refractivity contribution in [3.8, 4) is 0 Å². The van der Waals surface area contributed by atoms with E-state index in [1.807, 2.05) is 25.1 Å². The molecule has 1 aromatic carbocycles. The van der Waals surface area contributed by atoms with Crippen molar-refractivity contribution in [2.24, 2.45) is 5.92 Å². The molecule has 0 aliphatic rings. The van der Waals surface area contributed by atoms with E-state index in [-0.39, 0.29) is 11.7 Å². The maximum atomic E-state index is 11.9. The normalized spacial score (nSPS) is 14.6. The van der Waals surface area contributed by atoms with Crippen molar-refractivity contribution in [3.63, 3.8) is 0 Å². The van der Waals surface area contributed by atoms with Crippen LogP contribution < -0.4 is 0 Å². The van der Waals surface area contributed by atoms with E-state index in [0.717, 1.165) is 6.42 Å². The smallest absolute Gasteiger partial charge is 0.168 e. The maximum absolute atomic E-state index is 11.9. The predicted molar refractivity (Wildman–Crippen MR) is 60.9 cm³/mol. The third-order valence-corrected chi connectivity index (χ3v) is 2.63. The number of carbonyl (C=O) groups excluding carboxylic acids is 1. The number of carbonyl (C=O) groups is 1. The number of hydrogen-bond donors (Lipinski definition) is 1. The van der Waals surface area contributed by atoms with Crippen LogP contribution in [0.2, 0.25) is 0 Å². The number of benzene rings is 1. The Kier molecular flexibility index (Phi) is 4.50. The Labute approximate surface area is 90.9 Å². The number of aliphatic hydroxyl groups excluding tert-OH is 1. The average Bonchev–Trinajstić information content (AvgIpc) is 2.28. The lowest BCUT2D eigenvalue weighted by Crippen LogP contribution is -2.25. The minimum atomic E-state index is -0.525. The quantitative estimate of drug-likeness (QED) is 0.752. The van der Waals surface area contributed by atoms with Crippen LogP contribution in [0.5, 0.6) is 0 Å². The lowest BCUT2D eigenvalue weighted by molar-refractivity contribution is 0.0689. The number of Topliss-reactive ketones (excluding diaryl/α,β-unsaturated/α-hetero) is 1. The monoisotopic (exact) mass is 206 g/mol. The van der Waals surface area contributed by atoms with Gasteiger partial charge >= 0.3 is 0 Å². The minimum absolute atomic E-state index is 0.0246. The predicted octanol–water partition coefficient (Wildman–Crippen LogP) is 2.67. The summed E-state index contributed by atoms with van der Waals surface area (Å²) in [6.45, 7) is 3.79. The summed E-state index contributed by atoms with van der Waals surface area (Å²) in [4.78, 5) is 11.9. The molecule has 0 unspecified atom stereocenters. The summed E-state index contributed by atoms with van der Waals surface area (Å²) in [5, 5.41) is 9.73. The summed E-state index contributed by atoms with van der Waals surface area (Å²) in [7, 11) is 0. The van der Waals surface area contributed by atoms with Gasteiger partial charge in [0.1, 0.15) is 0 Å². The van der Waals surface area contributed by atoms with E-state index in [4.69, 9.17) is 0 Å². The summed E-state index contributed by atoms with van der Waals surface area (Å²) in [6, 6.07) is 9.14. The fourth-order valence-corrected chi connectivity index (χ4v) is 1.59. The standard InChI is InChI=1S/C13H18O2/c1-3-7-12(14)10(2)13(15)11-8-5-4-6-9-11/h4-6,8-10,12,14H,3,7H2,1-2H3/t10-,12-/m0/s1. The van der Waals surface area contributed by atoms with E-state index in [0.29, 0.717) is 12.0 Å². The topological polar surface area (TPSA) is 37.3 Å². The molecule has 0 bridgehead atoms. The van der Waals surface area contributed by atoms with Crippen LogP contribution in [0.15, 0.2) is 30.3 Å². The van der Waals surface area contributed by atoms with Crippen LogP contribution in [0.1, 0.15) is 37.0 Å². The summed E-state index contributed by atoms with van der Waals surface area (Å²) in [5.74, 6) is -0.288. The highest BCUT2D eigenvalue weighted by Gasteiger charge is 2.21. The molecule has 2 atom stereocenters. The molecule has 0 heterocycles. The van der Waals surface area contributed by atoms with E-state index in [1.54, 1.807) is 19.1 Å².